The number of amides is 1. The molecule has 2 heterocycles. The lowest BCUT2D eigenvalue weighted by molar-refractivity contribution is -0.121. The zero-order valence-corrected chi connectivity index (χ0v) is 14.6. The summed E-state index contributed by atoms with van der Waals surface area (Å²) in [6.07, 6.45) is 2.38. The van der Waals surface area contributed by atoms with E-state index in [0.717, 1.165) is 22.0 Å². The number of rotatable bonds is 6. The molecule has 0 aliphatic heterocycles. The van der Waals surface area contributed by atoms with Crippen molar-refractivity contribution in [3.63, 3.8) is 0 Å². The van der Waals surface area contributed by atoms with Crippen LogP contribution in [0.25, 0.3) is 22.2 Å². The van der Waals surface area contributed by atoms with Gasteiger partial charge >= 0.3 is 0 Å². The van der Waals surface area contributed by atoms with Gasteiger partial charge in [0.25, 0.3) is 0 Å². The van der Waals surface area contributed by atoms with Crippen molar-refractivity contribution < 1.29 is 9.32 Å². The van der Waals surface area contributed by atoms with Crippen LogP contribution in [0.3, 0.4) is 0 Å². The van der Waals surface area contributed by atoms with E-state index >= 15 is 0 Å². The second-order valence-corrected chi connectivity index (χ2v) is 6.14. The fourth-order valence-electron chi connectivity index (χ4n) is 2.89. The number of fused-ring (bicyclic) bond motifs is 1. The van der Waals surface area contributed by atoms with Crippen LogP contribution >= 0.6 is 0 Å². The molecule has 0 radical (unpaired) electrons. The zero-order chi connectivity index (χ0) is 18.5. The third-order valence-corrected chi connectivity index (χ3v) is 4.26. The molecule has 4 aromatic rings. The molecule has 0 aliphatic carbocycles. The number of benzene rings is 2. The molecule has 6 heteroatoms. The molecule has 0 aliphatic rings. The number of hydrogen-bond donors (Lipinski definition) is 1. The van der Waals surface area contributed by atoms with Crippen LogP contribution in [-0.4, -0.2) is 21.0 Å². The molecule has 134 valence electrons. The molecule has 1 N–H and O–H groups in total. The lowest BCUT2D eigenvalue weighted by Gasteiger charge is -2.03. The fraction of sp³-hybridized carbons (Fsp3) is 0.143. The van der Waals surface area contributed by atoms with Crippen LogP contribution < -0.4 is 5.32 Å². The van der Waals surface area contributed by atoms with Gasteiger partial charge in [0.1, 0.15) is 0 Å². The molecule has 0 saturated carbocycles. The van der Waals surface area contributed by atoms with Crippen LogP contribution in [0.2, 0.25) is 0 Å². The van der Waals surface area contributed by atoms with Crippen LogP contribution in [0.4, 0.5) is 0 Å². The van der Waals surface area contributed by atoms with Crippen LogP contribution in [0.1, 0.15) is 18.0 Å². The molecule has 0 saturated heterocycles. The molecule has 0 spiro atoms. The number of aryl methyl sites for hydroxylation is 1. The van der Waals surface area contributed by atoms with Crippen LogP contribution in [-0.2, 0) is 17.8 Å². The van der Waals surface area contributed by atoms with Crippen molar-refractivity contribution in [1.29, 1.82) is 0 Å². The van der Waals surface area contributed by atoms with Gasteiger partial charge in [0.05, 0.1) is 12.2 Å². The predicted molar refractivity (Wildman–Crippen MR) is 102 cm³/mol. The van der Waals surface area contributed by atoms with E-state index in [1.807, 2.05) is 60.7 Å². The molecule has 6 nitrogen and oxygen atoms in total. The highest BCUT2D eigenvalue weighted by Crippen LogP contribution is 2.26. The highest BCUT2D eigenvalue weighted by Gasteiger charge is 2.12. The Balaban J connectivity index is 1.39. The van der Waals surface area contributed by atoms with Crippen molar-refractivity contribution >= 4 is 16.7 Å². The van der Waals surface area contributed by atoms with Crippen molar-refractivity contribution in [2.75, 3.05) is 0 Å². The molecule has 0 atom stereocenters. The maximum absolute atomic E-state index is 12.0. The van der Waals surface area contributed by atoms with Gasteiger partial charge in [-0.15, -0.1) is 0 Å². The van der Waals surface area contributed by atoms with Gasteiger partial charge in [0.15, 0.2) is 0 Å². The Morgan fingerprint density at radius 1 is 1.00 bits per heavy atom. The quantitative estimate of drug-likeness (QED) is 0.570. The van der Waals surface area contributed by atoms with Gasteiger partial charge in [0, 0.05) is 24.6 Å². The van der Waals surface area contributed by atoms with Crippen LogP contribution in [0.5, 0.6) is 0 Å². The van der Waals surface area contributed by atoms with E-state index in [9.17, 15) is 4.79 Å². The first-order chi connectivity index (χ1) is 13.3. The lowest BCUT2D eigenvalue weighted by Crippen LogP contribution is -2.23. The Hall–Kier alpha value is -3.54. The van der Waals surface area contributed by atoms with Crippen molar-refractivity contribution in [2.24, 2.45) is 0 Å². The number of carbonyl (C=O) groups is 1. The fourth-order valence-corrected chi connectivity index (χ4v) is 2.89. The van der Waals surface area contributed by atoms with E-state index in [1.54, 1.807) is 6.20 Å². The summed E-state index contributed by atoms with van der Waals surface area (Å²) in [7, 11) is 0. The van der Waals surface area contributed by atoms with Crippen LogP contribution in [0, 0.1) is 0 Å². The second-order valence-electron chi connectivity index (χ2n) is 6.14. The van der Waals surface area contributed by atoms with E-state index in [4.69, 9.17) is 4.52 Å². The van der Waals surface area contributed by atoms with Crippen molar-refractivity contribution in [1.82, 2.24) is 20.4 Å². The second kappa shape index (κ2) is 7.78. The summed E-state index contributed by atoms with van der Waals surface area (Å²) in [6, 6.07) is 19.7. The molecule has 27 heavy (non-hydrogen) atoms. The maximum atomic E-state index is 12.0. The smallest absolute Gasteiger partial charge is 0.227 e. The Morgan fingerprint density at radius 2 is 1.85 bits per heavy atom. The highest BCUT2D eigenvalue weighted by molar-refractivity contribution is 5.94. The molecule has 1 amide bonds. The third-order valence-electron chi connectivity index (χ3n) is 4.26. The first kappa shape index (κ1) is 16.9. The molecule has 0 fully saturated rings. The van der Waals surface area contributed by atoms with E-state index in [0.29, 0.717) is 24.7 Å². The third kappa shape index (κ3) is 4.00. The number of nitrogens with zero attached hydrogens (tertiary/aromatic N) is 3. The molecule has 2 aromatic carbocycles. The van der Waals surface area contributed by atoms with E-state index < -0.39 is 0 Å². The van der Waals surface area contributed by atoms with Gasteiger partial charge in [0.2, 0.25) is 17.6 Å². The molecule has 2 aromatic heterocycles. The summed E-state index contributed by atoms with van der Waals surface area (Å²) in [5.74, 6) is 0.909. The first-order valence-electron chi connectivity index (χ1n) is 8.77. The van der Waals surface area contributed by atoms with Crippen molar-refractivity contribution in [3.05, 3.63) is 78.4 Å². The minimum Gasteiger partial charge on any atom is -0.350 e. The number of hydrogen-bond acceptors (Lipinski definition) is 5. The average molecular weight is 358 g/mol. The van der Waals surface area contributed by atoms with E-state index in [-0.39, 0.29) is 12.3 Å². The van der Waals surface area contributed by atoms with E-state index in [1.165, 1.54) is 0 Å². The monoisotopic (exact) mass is 358 g/mol. The Kier molecular flexibility index (Phi) is 4.87. The van der Waals surface area contributed by atoms with Gasteiger partial charge < -0.3 is 9.84 Å². The average Bonchev–Trinajstić information content (AvgIpc) is 3.20. The van der Waals surface area contributed by atoms with Gasteiger partial charge in [-0.05, 0) is 22.9 Å². The molecular weight excluding hydrogens is 340 g/mol. The molecule has 4 rings (SSSR count). The van der Waals surface area contributed by atoms with Gasteiger partial charge in [-0.2, -0.15) is 4.98 Å². The number of aromatic nitrogens is 3. The SMILES string of the molecule is O=C(CCc1nc(-c2cccc3ccccc23)no1)NCc1ccccn1. The highest BCUT2D eigenvalue weighted by atomic mass is 16.5. The zero-order valence-electron chi connectivity index (χ0n) is 14.6. The molecule has 0 bridgehead atoms. The Bertz CT molecular complexity index is 1050. The summed E-state index contributed by atoms with van der Waals surface area (Å²) in [5, 5.41) is 9.11. The number of nitrogens with one attached hydrogen (secondary N) is 1. The number of pyridine rings is 1. The summed E-state index contributed by atoms with van der Waals surface area (Å²) in [4.78, 5) is 20.6. The Morgan fingerprint density at radius 3 is 2.74 bits per heavy atom. The number of carbonyl (C=O) groups excluding carboxylic acids is 1. The largest absolute Gasteiger partial charge is 0.350 e. The van der Waals surface area contributed by atoms with Crippen molar-refractivity contribution in [3.8, 4) is 11.4 Å². The maximum Gasteiger partial charge on any atom is 0.227 e. The summed E-state index contributed by atoms with van der Waals surface area (Å²) in [5.41, 5.74) is 1.74. The van der Waals surface area contributed by atoms with Gasteiger partial charge in [-0.25, -0.2) is 0 Å². The molecular formula is C21H18N4O2. The summed E-state index contributed by atoms with van der Waals surface area (Å²) in [6.45, 7) is 0.408. The van der Waals surface area contributed by atoms with E-state index in [2.05, 4.69) is 20.4 Å². The predicted octanol–water partition coefficient (Wildman–Crippen LogP) is 3.53. The minimum atomic E-state index is -0.0782. The van der Waals surface area contributed by atoms with Crippen LogP contribution in [0.15, 0.2) is 71.4 Å². The van der Waals surface area contributed by atoms with Gasteiger partial charge in [-0.3, -0.25) is 9.78 Å². The Labute approximate surface area is 156 Å². The van der Waals surface area contributed by atoms with Crippen molar-refractivity contribution in [2.45, 2.75) is 19.4 Å². The van der Waals surface area contributed by atoms with Gasteiger partial charge in [-0.1, -0.05) is 53.7 Å². The molecule has 0 unspecified atom stereocenters. The minimum absolute atomic E-state index is 0.0782. The normalized spacial score (nSPS) is 10.8. The topological polar surface area (TPSA) is 80.9 Å². The summed E-state index contributed by atoms with van der Waals surface area (Å²) >= 11 is 0. The summed E-state index contributed by atoms with van der Waals surface area (Å²) < 4.78 is 5.33. The standard InChI is InChI=1S/C21H18N4O2/c26-19(23-14-16-8-3-4-13-22-16)11-12-20-24-21(25-27-20)18-10-5-7-15-6-1-2-9-17(15)18/h1-10,13H,11-12,14H2,(H,23,26). The first-order valence-corrected chi connectivity index (χ1v) is 8.77. The lowest BCUT2D eigenvalue weighted by atomic mass is 10.0.